The molecule has 1 amide bonds. The van der Waals surface area contributed by atoms with E-state index in [9.17, 15) is 9.59 Å². The van der Waals surface area contributed by atoms with Crippen LogP contribution in [0.5, 0.6) is 5.75 Å². The number of rotatable bonds is 13. The van der Waals surface area contributed by atoms with Gasteiger partial charge in [-0.3, -0.25) is 9.59 Å². The average Bonchev–Trinajstić information content (AvgIpc) is 2.97. The predicted molar refractivity (Wildman–Crippen MR) is 146 cm³/mol. The second-order valence-corrected chi connectivity index (χ2v) is 8.23. The van der Waals surface area contributed by atoms with Gasteiger partial charge >= 0.3 is 5.97 Å². The maximum Gasteiger partial charge on any atom is 0.322 e. The molecule has 9 heteroatoms. The Hall–Kier alpha value is -3.76. The molecule has 0 fully saturated rings. The molecule has 0 aliphatic carbocycles. The maximum absolute atomic E-state index is 10.2. The third kappa shape index (κ3) is 8.67. The van der Waals surface area contributed by atoms with E-state index in [2.05, 4.69) is 41.7 Å². The van der Waals surface area contributed by atoms with Crippen molar-refractivity contribution in [3.63, 3.8) is 0 Å². The van der Waals surface area contributed by atoms with Crippen LogP contribution >= 0.6 is 0 Å². The highest BCUT2D eigenvalue weighted by Crippen LogP contribution is 2.42. The summed E-state index contributed by atoms with van der Waals surface area (Å²) < 4.78 is 17.9. The van der Waals surface area contributed by atoms with Crippen LogP contribution in [0.4, 0.5) is 0 Å². The molecule has 3 aromatic carbocycles. The lowest BCUT2D eigenvalue weighted by molar-refractivity contribution is -0.179. The van der Waals surface area contributed by atoms with E-state index in [0.29, 0.717) is 13.0 Å². The van der Waals surface area contributed by atoms with Crippen molar-refractivity contribution in [1.82, 2.24) is 5.32 Å². The molecular formula is C29H37N3O6. The van der Waals surface area contributed by atoms with Gasteiger partial charge in [-0.2, -0.15) is 0 Å². The summed E-state index contributed by atoms with van der Waals surface area (Å²) in [4.78, 5) is 20.0. The first kappa shape index (κ1) is 30.5. The number of ether oxygens (including phenoxy) is 3. The lowest BCUT2D eigenvalue weighted by Crippen LogP contribution is -2.37. The van der Waals surface area contributed by atoms with E-state index in [4.69, 9.17) is 30.8 Å². The number of carboxylic acids is 1. The van der Waals surface area contributed by atoms with Crippen molar-refractivity contribution in [2.75, 3.05) is 33.9 Å². The molecule has 0 saturated carbocycles. The van der Waals surface area contributed by atoms with E-state index >= 15 is 0 Å². The van der Waals surface area contributed by atoms with Crippen LogP contribution in [0.15, 0.2) is 84.9 Å². The number of amides is 1. The van der Waals surface area contributed by atoms with Crippen LogP contribution in [0.1, 0.15) is 29.5 Å². The number of hydrogen-bond donors (Lipinski definition) is 4. The minimum Gasteiger partial charge on any atom is -0.497 e. The van der Waals surface area contributed by atoms with Crippen LogP contribution in [0.25, 0.3) is 0 Å². The van der Waals surface area contributed by atoms with E-state index in [-0.39, 0.29) is 13.1 Å². The van der Waals surface area contributed by atoms with Gasteiger partial charge in [0.2, 0.25) is 5.91 Å². The highest BCUT2D eigenvalue weighted by Gasteiger charge is 2.40. The molecule has 0 aliphatic heterocycles. The molecule has 9 nitrogen and oxygen atoms in total. The molecule has 38 heavy (non-hydrogen) atoms. The smallest absolute Gasteiger partial charge is 0.322 e. The molecule has 0 heterocycles. The number of carbonyl (C=O) groups is 2. The van der Waals surface area contributed by atoms with Crippen LogP contribution in [-0.2, 0) is 24.7 Å². The molecule has 0 bridgehead atoms. The zero-order chi connectivity index (χ0) is 27.8. The van der Waals surface area contributed by atoms with Crippen molar-refractivity contribution in [3.8, 4) is 5.75 Å². The van der Waals surface area contributed by atoms with Gasteiger partial charge < -0.3 is 36.1 Å². The maximum atomic E-state index is 10.2. The zero-order valence-corrected chi connectivity index (χ0v) is 21.8. The van der Waals surface area contributed by atoms with Gasteiger partial charge in [-0.25, -0.2) is 0 Å². The van der Waals surface area contributed by atoms with Crippen LogP contribution in [0.3, 0.4) is 0 Å². The van der Waals surface area contributed by atoms with Crippen molar-refractivity contribution in [1.29, 1.82) is 0 Å². The van der Waals surface area contributed by atoms with Crippen LogP contribution in [-0.4, -0.2) is 57.1 Å². The molecule has 0 aromatic heterocycles. The Morgan fingerprint density at radius 1 is 0.868 bits per heavy atom. The van der Waals surface area contributed by atoms with Crippen LogP contribution < -0.4 is 21.5 Å². The van der Waals surface area contributed by atoms with Gasteiger partial charge in [-0.15, -0.1) is 0 Å². The summed E-state index contributed by atoms with van der Waals surface area (Å²) in [7, 11) is 3.34. The van der Waals surface area contributed by atoms with Crippen LogP contribution in [0, 0.1) is 0 Å². The van der Waals surface area contributed by atoms with Crippen molar-refractivity contribution in [2.45, 2.75) is 24.7 Å². The molecule has 1 unspecified atom stereocenters. The third-order valence-electron chi connectivity index (χ3n) is 5.69. The summed E-state index contributed by atoms with van der Waals surface area (Å²) in [5.41, 5.74) is 12.8. The molecule has 3 rings (SSSR count). The van der Waals surface area contributed by atoms with Gasteiger partial charge in [0.15, 0.2) is 6.29 Å². The van der Waals surface area contributed by atoms with E-state index < -0.39 is 23.8 Å². The molecule has 1 atom stereocenters. The largest absolute Gasteiger partial charge is 0.497 e. The fraction of sp³-hybridized carbons (Fsp3) is 0.310. The number of nitrogens with one attached hydrogen (secondary N) is 1. The lowest BCUT2D eigenvalue weighted by Gasteiger charge is -2.38. The van der Waals surface area contributed by atoms with Crippen LogP contribution in [0.2, 0.25) is 0 Å². The Kier molecular flexibility index (Phi) is 13.0. The molecular weight excluding hydrogens is 486 g/mol. The summed E-state index contributed by atoms with van der Waals surface area (Å²) in [5.74, 6) is -0.732. The Morgan fingerprint density at radius 3 is 1.82 bits per heavy atom. The molecule has 0 radical (unpaired) electrons. The minimum absolute atomic E-state index is 0.173. The molecule has 0 aliphatic rings. The minimum atomic E-state index is -1.07. The van der Waals surface area contributed by atoms with Gasteiger partial charge in [0.05, 0.1) is 13.7 Å². The number of methoxy groups -OCH3 is 2. The fourth-order valence-corrected chi connectivity index (χ4v) is 3.83. The highest BCUT2D eigenvalue weighted by atomic mass is 16.7. The number of benzene rings is 3. The SMILES string of the molecule is COc1ccc(C(OC(CCCN)OC)(c2ccccc2)c2ccccc2)cc1.NCC(=O)NCC(=O)O. The first-order chi connectivity index (χ1) is 18.4. The first-order valence-corrected chi connectivity index (χ1v) is 12.3. The van der Waals surface area contributed by atoms with Crippen molar-refractivity contribution in [2.24, 2.45) is 11.5 Å². The molecule has 3 aromatic rings. The second-order valence-electron chi connectivity index (χ2n) is 8.23. The highest BCUT2D eigenvalue weighted by molar-refractivity contribution is 5.82. The Bertz CT molecular complexity index is 1050. The summed E-state index contributed by atoms with van der Waals surface area (Å²) in [6.07, 6.45) is 1.13. The molecule has 0 spiro atoms. The van der Waals surface area contributed by atoms with Gasteiger partial charge in [-0.1, -0.05) is 72.8 Å². The monoisotopic (exact) mass is 523 g/mol. The number of carboxylic acid groups (broad SMARTS) is 1. The van der Waals surface area contributed by atoms with Gasteiger partial charge in [0, 0.05) is 7.11 Å². The molecule has 204 valence electrons. The number of carbonyl (C=O) groups excluding carboxylic acids is 1. The standard InChI is InChI=1S/C25H29NO3.C4H8N2O3/c1-27-23-17-15-22(16-18-23)25(20-10-5-3-6-11-20,21-12-7-4-8-13-21)29-24(28-2)14-9-19-26;5-1-3(7)6-2-4(8)9/h3-8,10-13,15-18,24H,9,14,19,26H2,1-2H3;1-2,5H2,(H,6,7)(H,8,9). The summed E-state index contributed by atoms with van der Waals surface area (Å²) >= 11 is 0. The fourth-order valence-electron chi connectivity index (χ4n) is 3.83. The van der Waals surface area contributed by atoms with Crippen molar-refractivity contribution >= 4 is 11.9 Å². The number of hydrogen-bond acceptors (Lipinski definition) is 7. The number of nitrogens with two attached hydrogens (primary N) is 2. The summed E-state index contributed by atoms with van der Waals surface area (Å²) in [6, 6.07) is 28.5. The van der Waals surface area contributed by atoms with Crippen molar-refractivity contribution in [3.05, 3.63) is 102 Å². The zero-order valence-electron chi connectivity index (χ0n) is 21.8. The van der Waals surface area contributed by atoms with Gasteiger partial charge in [0.1, 0.15) is 17.9 Å². The summed E-state index contributed by atoms with van der Waals surface area (Å²) in [5, 5.41) is 10.1. The third-order valence-corrected chi connectivity index (χ3v) is 5.69. The van der Waals surface area contributed by atoms with E-state index in [0.717, 1.165) is 28.9 Å². The topological polar surface area (TPSA) is 146 Å². The number of aliphatic carboxylic acids is 1. The quantitative estimate of drug-likeness (QED) is 0.198. The second kappa shape index (κ2) is 16.2. The Labute approximate surface area is 223 Å². The first-order valence-electron chi connectivity index (χ1n) is 12.3. The average molecular weight is 524 g/mol. The van der Waals surface area contributed by atoms with E-state index in [1.165, 1.54) is 0 Å². The molecule has 0 saturated heterocycles. The van der Waals surface area contributed by atoms with Gasteiger partial charge in [0.25, 0.3) is 0 Å². The predicted octanol–water partition coefficient (Wildman–Crippen LogP) is 2.86. The normalized spacial score (nSPS) is 11.6. The summed E-state index contributed by atoms with van der Waals surface area (Å²) in [6.45, 7) is 0.0543. The molecule has 6 N–H and O–H groups in total. The lowest BCUT2D eigenvalue weighted by atomic mass is 9.80. The van der Waals surface area contributed by atoms with E-state index in [1.807, 2.05) is 48.5 Å². The van der Waals surface area contributed by atoms with E-state index in [1.54, 1.807) is 14.2 Å². The van der Waals surface area contributed by atoms with Crippen molar-refractivity contribution < 1.29 is 28.9 Å². The Morgan fingerprint density at radius 2 is 1.39 bits per heavy atom. The Balaban J connectivity index is 0.000000484. The van der Waals surface area contributed by atoms with Gasteiger partial charge in [-0.05, 0) is 48.2 Å².